The molecule has 0 unspecified atom stereocenters. The first-order valence-electron chi connectivity index (χ1n) is 6.22. The van der Waals surface area contributed by atoms with Crippen molar-refractivity contribution in [2.45, 2.75) is 12.4 Å². The molecule has 0 spiro atoms. The predicted molar refractivity (Wildman–Crippen MR) is 72.2 cm³/mol. The highest BCUT2D eigenvalue weighted by Gasteiger charge is 2.31. The molecule has 0 aliphatic rings. The number of halogens is 4. The molecule has 5 nitrogen and oxygen atoms in total. The summed E-state index contributed by atoms with van der Waals surface area (Å²) < 4.78 is 53.1. The monoisotopic (exact) mass is 330 g/mol. The van der Waals surface area contributed by atoms with E-state index in [0.29, 0.717) is 5.56 Å². The summed E-state index contributed by atoms with van der Waals surface area (Å²) in [5.41, 5.74) is 5.74. The van der Waals surface area contributed by atoms with E-state index in [4.69, 9.17) is 5.73 Å². The normalized spacial score (nSPS) is 12.7. The summed E-state index contributed by atoms with van der Waals surface area (Å²) in [4.78, 5) is 10.2. The van der Waals surface area contributed by atoms with E-state index in [1.54, 1.807) is 0 Å². The zero-order valence-electron chi connectivity index (χ0n) is 11.4. The topological polar surface area (TPSA) is 78.4 Å². The van der Waals surface area contributed by atoms with Gasteiger partial charge < -0.3 is 10.5 Å². The average Bonchev–Trinajstić information content (AvgIpc) is 2.45. The van der Waals surface area contributed by atoms with Crippen LogP contribution in [0, 0.1) is 15.9 Å². The standard InChI is InChI=1S/C14H10F4N2O3/c15-9-3-6-11(12(7-9)20(21)22)13(19)8-1-4-10(5-2-8)23-14(16,17)18/h1-7,13H,19H2/t13-/m1/s1. The highest BCUT2D eigenvalue weighted by molar-refractivity contribution is 5.47. The van der Waals surface area contributed by atoms with Crippen molar-refractivity contribution >= 4 is 5.69 Å². The number of nitrogens with two attached hydrogens (primary N) is 1. The molecular formula is C14H10F4N2O3. The lowest BCUT2D eigenvalue weighted by atomic mass is 9.98. The smallest absolute Gasteiger partial charge is 0.406 e. The van der Waals surface area contributed by atoms with E-state index < -0.39 is 34.6 Å². The molecule has 0 radical (unpaired) electrons. The van der Waals surface area contributed by atoms with Gasteiger partial charge in [0.2, 0.25) is 0 Å². The summed E-state index contributed by atoms with van der Waals surface area (Å²) in [6.07, 6.45) is -4.82. The zero-order valence-corrected chi connectivity index (χ0v) is 11.4. The van der Waals surface area contributed by atoms with E-state index in [1.807, 2.05) is 0 Å². The number of rotatable bonds is 4. The Kier molecular flexibility index (Phi) is 4.50. The quantitative estimate of drug-likeness (QED) is 0.527. The molecule has 0 saturated carbocycles. The Balaban J connectivity index is 2.31. The van der Waals surface area contributed by atoms with Gasteiger partial charge in [0, 0.05) is 0 Å². The van der Waals surface area contributed by atoms with Gasteiger partial charge in [-0.1, -0.05) is 12.1 Å². The average molecular weight is 330 g/mol. The molecule has 0 fully saturated rings. The molecule has 2 aromatic rings. The first kappa shape index (κ1) is 16.7. The summed E-state index contributed by atoms with van der Waals surface area (Å²) in [7, 11) is 0. The molecule has 0 amide bonds. The van der Waals surface area contributed by atoms with Gasteiger partial charge in [-0.05, 0) is 29.8 Å². The van der Waals surface area contributed by atoms with Crippen molar-refractivity contribution in [2.24, 2.45) is 5.73 Å². The molecule has 0 aliphatic heterocycles. The van der Waals surface area contributed by atoms with Gasteiger partial charge >= 0.3 is 6.36 Å². The van der Waals surface area contributed by atoms with Crippen LogP contribution in [0.25, 0.3) is 0 Å². The van der Waals surface area contributed by atoms with E-state index in [1.165, 1.54) is 12.1 Å². The number of benzene rings is 2. The minimum Gasteiger partial charge on any atom is -0.406 e. The lowest BCUT2D eigenvalue weighted by Crippen LogP contribution is -2.17. The molecule has 0 saturated heterocycles. The molecule has 0 heterocycles. The van der Waals surface area contributed by atoms with Crippen LogP contribution in [0.2, 0.25) is 0 Å². The maximum absolute atomic E-state index is 13.1. The van der Waals surface area contributed by atoms with E-state index >= 15 is 0 Å². The fraction of sp³-hybridized carbons (Fsp3) is 0.143. The highest BCUT2D eigenvalue weighted by atomic mass is 19.4. The molecule has 2 rings (SSSR count). The summed E-state index contributed by atoms with van der Waals surface area (Å²) in [6, 6.07) is 6.49. The zero-order chi connectivity index (χ0) is 17.2. The number of ether oxygens (including phenoxy) is 1. The van der Waals surface area contributed by atoms with E-state index in [0.717, 1.165) is 30.3 Å². The summed E-state index contributed by atoms with van der Waals surface area (Å²) in [5, 5.41) is 11.0. The van der Waals surface area contributed by atoms with Crippen LogP contribution in [-0.2, 0) is 0 Å². The van der Waals surface area contributed by atoms with Crippen molar-refractivity contribution in [3.05, 3.63) is 69.5 Å². The molecule has 0 aromatic heterocycles. The maximum Gasteiger partial charge on any atom is 0.573 e. The number of nitro benzene ring substituents is 1. The summed E-state index contributed by atoms with van der Waals surface area (Å²) >= 11 is 0. The third-order valence-electron chi connectivity index (χ3n) is 3.00. The number of nitro groups is 1. The van der Waals surface area contributed by atoms with Crippen LogP contribution >= 0.6 is 0 Å². The van der Waals surface area contributed by atoms with Crippen LogP contribution in [0.15, 0.2) is 42.5 Å². The second kappa shape index (κ2) is 6.21. The fourth-order valence-electron chi connectivity index (χ4n) is 1.99. The lowest BCUT2D eigenvalue weighted by Gasteiger charge is -2.14. The van der Waals surface area contributed by atoms with Crippen LogP contribution in [0.4, 0.5) is 23.2 Å². The first-order chi connectivity index (χ1) is 10.7. The van der Waals surface area contributed by atoms with Crippen LogP contribution in [-0.4, -0.2) is 11.3 Å². The van der Waals surface area contributed by atoms with Crippen molar-refractivity contribution in [3.8, 4) is 5.75 Å². The van der Waals surface area contributed by atoms with Crippen LogP contribution in [0.5, 0.6) is 5.75 Å². The Morgan fingerprint density at radius 3 is 2.26 bits per heavy atom. The molecule has 9 heteroatoms. The van der Waals surface area contributed by atoms with Gasteiger partial charge in [0.15, 0.2) is 0 Å². The van der Waals surface area contributed by atoms with E-state index in [-0.39, 0.29) is 5.56 Å². The second-order valence-corrected chi connectivity index (χ2v) is 4.55. The molecule has 122 valence electrons. The van der Waals surface area contributed by atoms with Gasteiger partial charge in [0.1, 0.15) is 11.6 Å². The van der Waals surface area contributed by atoms with Gasteiger partial charge in [-0.25, -0.2) is 4.39 Å². The molecule has 2 aromatic carbocycles. The molecular weight excluding hydrogens is 320 g/mol. The lowest BCUT2D eigenvalue weighted by molar-refractivity contribution is -0.385. The largest absolute Gasteiger partial charge is 0.573 e. The third kappa shape index (κ3) is 4.16. The van der Waals surface area contributed by atoms with E-state index in [9.17, 15) is 27.7 Å². The number of hydrogen-bond acceptors (Lipinski definition) is 4. The maximum atomic E-state index is 13.1. The summed E-state index contributed by atoms with van der Waals surface area (Å²) in [5.74, 6) is -1.23. The predicted octanol–water partition coefficient (Wildman–Crippen LogP) is 3.68. The van der Waals surface area contributed by atoms with Crippen molar-refractivity contribution in [1.82, 2.24) is 0 Å². The molecule has 23 heavy (non-hydrogen) atoms. The van der Waals surface area contributed by atoms with Crippen LogP contribution < -0.4 is 10.5 Å². The summed E-state index contributed by atoms with van der Waals surface area (Å²) in [6.45, 7) is 0. The van der Waals surface area contributed by atoms with Gasteiger partial charge in [-0.15, -0.1) is 13.2 Å². The molecule has 1 atom stereocenters. The Hall–Kier alpha value is -2.68. The van der Waals surface area contributed by atoms with Gasteiger partial charge in [0.05, 0.1) is 22.6 Å². The molecule has 0 bridgehead atoms. The van der Waals surface area contributed by atoms with Gasteiger partial charge in [-0.3, -0.25) is 10.1 Å². The van der Waals surface area contributed by atoms with Gasteiger partial charge in [0.25, 0.3) is 5.69 Å². The SMILES string of the molecule is N[C@H](c1ccc(OC(F)(F)F)cc1)c1ccc(F)cc1[N+](=O)[O-]. The van der Waals surface area contributed by atoms with Crippen LogP contribution in [0.1, 0.15) is 17.2 Å². The second-order valence-electron chi connectivity index (χ2n) is 4.55. The fourth-order valence-corrected chi connectivity index (χ4v) is 1.99. The van der Waals surface area contributed by atoms with Crippen molar-refractivity contribution in [3.63, 3.8) is 0 Å². The highest BCUT2D eigenvalue weighted by Crippen LogP contribution is 2.30. The molecule has 2 N–H and O–H groups in total. The van der Waals surface area contributed by atoms with Crippen molar-refractivity contribution in [1.29, 1.82) is 0 Å². The minimum absolute atomic E-state index is 0.0425. The number of hydrogen-bond donors (Lipinski definition) is 1. The Morgan fingerprint density at radius 2 is 1.74 bits per heavy atom. The van der Waals surface area contributed by atoms with Crippen LogP contribution in [0.3, 0.4) is 0 Å². The Bertz CT molecular complexity index is 717. The Labute approximate surface area is 127 Å². The van der Waals surface area contributed by atoms with Crippen molar-refractivity contribution < 1.29 is 27.2 Å². The third-order valence-corrected chi connectivity index (χ3v) is 3.00. The number of nitrogens with zero attached hydrogens (tertiary/aromatic N) is 1. The van der Waals surface area contributed by atoms with Crippen molar-refractivity contribution in [2.75, 3.05) is 0 Å². The molecule has 0 aliphatic carbocycles. The Morgan fingerprint density at radius 1 is 1.13 bits per heavy atom. The minimum atomic E-state index is -4.82. The first-order valence-corrected chi connectivity index (χ1v) is 6.22. The van der Waals surface area contributed by atoms with Gasteiger partial charge in [-0.2, -0.15) is 0 Å². The number of alkyl halides is 3. The van der Waals surface area contributed by atoms with E-state index in [2.05, 4.69) is 4.74 Å².